The zero-order valence-corrected chi connectivity index (χ0v) is 15.1. The second-order valence-corrected chi connectivity index (χ2v) is 7.23. The number of amides is 3. The molecule has 0 radical (unpaired) electrons. The van der Waals surface area contributed by atoms with Crippen LogP contribution in [0.5, 0.6) is 0 Å². The molecule has 2 saturated heterocycles. The first-order valence-corrected chi connectivity index (χ1v) is 9.44. The SMILES string of the molecule is CCN1CCC(Cc2ccn3ncc(N4CCC(=O)NC4=O)c3c2)CC1. The molecule has 0 unspecified atom stereocenters. The second kappa shape index (κ2) is 7.07. The highest BCUT2D eigenvalue weighted by Crippen LogP contribution is 2.27. The molecule has 0 bridgehead atoms. The molecule has 2 aromatic heterocycles. The van der Waals surface area contributed by atoms with Crippen LogP contribution in [0.3, 0.4) is 0 Å². The molecule has 0 aliphatic carbocycles. The number of pyridine rings is 1. The molecule has 1 N–H and O–H groups in total. The minimum absolute atomic E-state index is 0.221. The van der Waals surface area contributed by atoms with E-state index in [2.05, 4.69) is 34.4 Å². The summed E-state index contributed by atoms with van der Waals surface area (Å²) in [5.74, 6) is 0.490. The minimum Gasteiger partial charge on any atom is -0.304 e. The van der Waals surface area contributed by atoms with Gasteiger partial charge in [-0.2, -0.15) is 5.10 Å². The van der Waals surface area contributed by atoms with Crippen LogP contribution in [0, 0.1) is 5.92 Å². The Hall–Kier alpha value is -2.41. The zero-order valence-electron chi connectivity index (χ0n) is 15.1. The summed E-state index contributed by atoms with van der Waals surface area (Å²) in [7, 11) is 0. The van der Waals surface area contributed by atoms with Crippen LogP contribution in [0.4, 0.5) is 10.5 Å². The van der Waals surface area contributed by atoms with Gasteiger partial charge < -0.3 is 4.90 Å². The third kappa shape index (κ3) is 3.31. The first-order chi connectivity index (χ1) is 12.6. The van der Waals surface area contributed by atoms with Crippen molar-refractivity contribution in [1.82, 2.24) is 19.8 Å². The number of carbonyl (C=O) groups is 2. The highest BCUT2D eigenvalue weighted by molar-refractivity contribution is 6.07. The molecule has 0 atom stereocenters. The highest BCUT2D eigenvalue weighted by atomic mass is 16.2. The number of rotatable bonds is 4. The number of hydrogen-bond donors (Lipinski definition) is 1. The molecule has 2 fully saturated rings. The van der Waals surface area contributed by atoms with Crippen molar-refractivity contribution in [2.75, 3.05) is 31.1 Å². The molecule has 4 rings (SSSR count). The van der Waals surface area contributed by atoms with Crippen LogP contribution in [0.1, 0.15) is 31.7 Å². The zero-order chi connectivity index (χ0) is 18.1. The van der Waals surface area contributed by atoms with Gasteiger partial charge in [0.2, 0.25) is 5.91 Å². The van der Waals surface area contributed by atoms with Gasteiger partial charge in [0.1, 0.15) is 0 Å². The molecule has 26 heavy (non-hydrogen) atoms. The molecular weight excluding hydrogens is 330 g/mol. The average molecular weight is 355 g/mol. The predicted molar refractivity (Wildman–Crippen MR) is 99.2 cm³/mol. The van der Waals surface area contributed by atoms with Gasteiger partial charge in [-0.15, -0.1) is 0 Å². The molecule has 4 heterocycles. The fourth-order valence-electron chi connectivity index (χ4n) is 3.98. The van der Waals surface area contributed by atoms with Crippen LogP contribution in [0.2, 0.25) is 0 Å². The summed E-state index contributed by atoms with van der Waals surface area (Å²) in [6.07, 6.45) is 7.52. The van der Waals surface area contributed by atoms with E-state index in [1.54, 1.807) is 15.6 Å². The van der Waals surface area contributed by atoms with Crippen LogP contribution >= 0.6 is 0 Å². The quantitative estimate of drug-likeness (QED) is 0.911. The lowest BCUT2D eigenvalue weighted by Crippen LogP contribution is -2.49. The van der Waals surface area contributed by atoms with Gasteiger partial charge in [-0.3, -0.25) is 15.0 Å². The lowest BCUT2D eigenvalue weighted by molar-refractivity contribution is -0.120. The maximum Gasteiger partial charge on any atom is 0.328 e. The van der Waals surface area contributed by atoms with E-state index in [0.717, 1.165) is 24.2 Å². The van der Waals surface area contributed by atoms with Crippen molar-refractivity contribution in [3.8, 4) is 0 Å². The Morgan fingerprint density at radius 2 is 2.04 bits per heavy atom. The highest BCUT2D eigenvalue weighted by Gasteiger charge is 2.26. The van der Waals surface area contributed by atoms with Crippen LogP contribution < -0.4 is 10.2 Å². The van der Waals surface area contributed by atoms with Gasteiger partial charge in [-0.1, -0.05) is 6.92 Å². The van der Waals surface area contributed by atoms with Crippen LogP contribution in [0.15, 0.2) is 24.5 Å². The third-order valence-corrected chi connectivity index (χ3v) is 5.59. The Morgan fingerprint density at radius 3 is 2.77 bits per heavy atom. The lowest BCUT2D eigenvalue weighted by atomic mass is 9.90. The first kappa shape index (κ1) is 17.0. The number of carbonyl (C=O) groups excluding carboxylic acids is 2. The minimum atomic E-state index is -0.367. The Balaban J connectivity index is 1.53. The number of hydrogen-bond acceptors (Lipinski definition) is 4. The summed E-state index contributed by atoms with van der Waals surface area (Å²) in [6.45, 7) is 6.12. The first-order valence-electron chi connectivity index (χ1n) is 9.44. The largest absolute Gasteiger partial charge is 0.328 e. The molecule has 7 heteroatoms. The van der Waals surface area contributed by atoms with E-state index >= 15 is 0 Å². The monoisotopic (exact) mass is 355 g/mol. The molecule has 138 valence electrons. The molecule has 3 amide bonds. The maximum atomic E-state index is 12.2. The Kier molecular flexibility index (Phi) is 4.63. The Bertz CT molecular complexity index is 822. The van der Waals surface area contributed by atoms with Gasteiger partial charge in [0.15, 0.2) is 0 Å². The second-order valence-electron chi connectivity index (χ2n) is 7.23. The molecule has 2 aliphatic rings. The fourth-order valence-corrected chi connectivity index (χ4v) is 3.98. The summed E-state index contributed by atoms with van der Waals surface area (Å²) in [6, 6.07) is 3.89. The van der Waals surface area contributed by atoms with Gasteiger partial charge in [0, 0.05) is 19.2 Å². The summed E-state index contributed by atoms with van der Waals surface area (Å²) >= 11 is 0. The summed E-state index contributed by atoms with van der Waals surface area (Å²) < 4.78 is 1.79. The van der Waals surface area contributed by atoms with E-state index < -0.39 is 0 Å². The van der Waals surface area contributed by atoms with Crippen molar-refractivity contribution in [3.05, 3.63) is 30.1 Å². The topological polar surface area (TPSA) is 70.0 Å². The van der Waals surface area contributed by atoms with Crippen LogP contribution in [-0.2, 0) is 11.2 Å². The summed E-state index contributed by atoms with van der Waals surface area (Å²) in [5.41, 5.74) is 2.96. The van der Waals surface area contributed by atoms with Gasteiger partial charge >= 0.3 is 6.03 Å². The molecule has 7 nitrogen and oxygen atoms in total. The smallest absolute Gasteiger partial charge is 0.304 e. The van der Waals surface area contributed by atoms with E-state index in [4.69, 9.17) is 0 Å². The Labute approximate surface area is 152 Å². The number of fused-ring (bicyclic) bond motifs is 1. The van der Waals surface area contributed by atoms with E-state index in [9.17, 15) is 9.59 Å². The number of imide groups is 1. The van der Waals surface area contributed by atoms with Gasteiger partial charge in [-0.05, 0) is 62.5 Å². The normalized spacial score (nSPS) is 20.0. The number of nitrogens with zero attached hydrogens (tertiary/aromatic N) is 4. The molecule has 0 saturated carbocycles. The van der Waals surface area contributed by atoms with Crippen molar-refractivity contribution in [2.45, 2.75) is 32.6 Å². The molecule has 2 aliphatic heterocycles. The van der Waals surface area contributed by atoms with Crippen molar-refractivity contribution >= 4 is 23.1 Å². The number of urea groups is 1. The van der Waals surface area contributed by atoms with Crippen molar-refractivity contribution in [3.63, 3.8) is 0 Å². The number of piperidine rings is 1. The number of nitrogens with one attached hydrogen (secondary N) is 1. The number of anilines is 1. The lowest BCUT2D eigenvalue weighted by Gasteiger charge is -2.31. The number of aromatic nitrogens is 2. The van der Waals surface area contributed by atoms with Gasteiger partial charge in [0.05, 0.1) is 17.4 Å². The van der Waals surface area contributed by atoms with E-state index in [0.29, 0.717) is 18.9 Å². The number of likely N-dealkylation sites (tertiary alicyclic amines) is 1. The van der Waals surface area contributed by atoms with Crippen molar-refractivity contribution in [1.29, 1.82) is 0 Å². The predicted octanol–water partition coefficient (Wildman–Crippen LogP) is 2.05. The fraction of sp³-hybridized carbons (Fsp3) is 0.526. The standard InChI is InChI=1S/C19H25N5O2/c1-2-22-7-3-14(4-8-22)11-15-5-10-24-16(12-15)17(13-20-24)23-9-6-18(25)21-19(23)26/h5,10,12-14H,2-4,6-9,11H2,1H3,(H,21,25,26). The molecule has 2 aromatic rings. The van der Waals surface area contributed by atoms with Gasteiger partial charge in [-0.25, -0.2) is 9.31 Å². The molecular formula is C19H25N5O2. The van der Waals surface area contributed by atoms with Crippen LogP contribution in [-0.4, -0.2) is 52.6 Å². The summed E-state index contributed by atoms with van der Waals surface area (Å²) in [4.78, 5) is 27.7. The van der Waals surface area contributed by atoms with Gasteiger partial charge in [0.25, 0.3) is 0 Å². The summed E-state index contributed by atoms with van der Waals surface area (Å²) in [5, 5.41) is 6.74. The third-order valence-electron chi connectivity index (χ3n) is 5.59. The molecule has 0 aromatic carbocycles. The Morgan fingerprint density at radius 1 is 1.23 bits per heavy atom. The van der Waals surface area contributed by atoms with E-state index in [-0.39, 0.29) is 11.9 Å². The van der Waals surface area contributed by atoms with E-state index in [1.807, 2.05) is 6.20 Å². The van der Waals surface area contributed by atoms with Crippen LogP contribution in [0.25, 0.3) is 5.52 Å². The average Bonchev–Trinajstić information content (AvgIpc) is 3.05. The van der Waals surface area contributed by atoms with E-state index in [1.165, 1.54) is 31.5 Å². The molecule has 0 spiro atoms. The maximum absolute atomic E-state index is 12.2. The van der Waals surface area contributed by atoms with Crippen molar-refractivity contribution < 1.29 is 9.59 Å². The van der Waals surface area contributed by atoms with Crippen molar-refractivity contribution in [2.24, 2.45) is 5.92 Å².